The minimum absolute atomic E-state index is 0.369. The second-order valence-electron chi connectivity index (χ2n) is 8.60. The van der Waals surface area contributed by atoms with Crippen LogP contribution in [0.5, 0.6) is 0 Å². The summed E-state index contributed by atoms with van der Waals surface area (Å²) in [5.41, 5.74) is 8.96. The second kappa shape index (κ2) is 9.88. The van der Waals surface area contributed by atoms with Gasteiger partial charge in [0.2, 0.25) is 5.91 Å². The van der Waals surface area contributed by atoms with E-state index in [0.717, 1.165) is 23.2 Å². The molecule has 1 atom stereocenters. The summed E-state index contributed by atoms with van der Waals surface area (Å²) in [6, 6.07) is 24.8. The molecule has 0 fully saturated rings. The van der Waals surface area contributed by atoms with Crippen LogP contribution in [0.2, 0.25) is 0 Å². The molecule has 0 saturated carbocycles. The maximum absolute atomic E-state index is 13.1. The van der Waals surface area contributed by atoms with Gasteiger partial charge in [0.25, 0.3) is 0 Å². The van der Waals surface area contributed by atoms with Crippen LogP contribution in [0.4, 0.5) is 0 Å². The van der Waals surface area contributed by atoms with Gasteiger partial charge in [0, 0.05) is 24.8 Å². The van der Waals surface area contributed by atoms with Crippen LogP contribution in [-0.2, 0) is 10.2 Å². The van der Waals surface area contributed by atoms with Gasteiger partial charge < -0.3 is 5.73 Å². The topological polar surface area (TPSA) is 59.2 Å². The molecule has 0 spiro atoms. The first-order valence-electron chi connectivity index (χ1n) is 11.0. The Hall–Kier alpha value is -2.98. The Morgan fingerprint density at radius 1 is 0.871 bits per heavy atom. The molecule has 31 heavy (non-hydrogen) atoms. The number of carbonyl (C=O) groups excluding carboxylic acids is 1. The highest BCUT2D eigenvalue weighted by Crippen LogP contribution is 2.36. The molecule has 0 aliphatic rings. The van der Waals surface area contributed by atoms with Crippen LogP contribution in [0, 0.1) is 0 Å². The molecule has 1 unspecified atom stereocenters. The van der Waals surface area contributed by atoms with Crippen LogP contribution in [-0.4, -0.2) is 34.4 Å². The minimum Gasteiger partial charge on any atom is -0.369 e. The van der Waals surface area contributed by atoms with Crippen LogP contribution in [0.25, 0.3) is 11.1 Å². The van der Waals surface area contributed by atoms with Crippen LogP contribution in [0.1, 0.15) is 45.4 Å². The average molecular weight is 416 g/mol. The first-order valence-corrected chi connectivity index (χ1v) is 11.0. The zero-order valence-electron chi connectivity index (χ0n) is 19.0. The summed E-state index contributed by atoms with van der Waals surface area (Å²) < 4.78 is 0. The van der Waals surface area contributed by atoms with Crippen molar-refractivity contribution in [3.63, 3.8) is 0 Å². The third kappa shape index (κ3) is 4.86. The molecule has 3 rings (SSSR count). The fraction of sp³-hybridized carbons (Fsp3) is 0.333. The Morgan fingerprint density at radius 2 is 1.45 bits per heavy atom. The predicted molar refractivity (Wildman–Crippen MR) is 128 cm³/mol. The SMILES string of the molecule is CC(C)N(CCC(C(N)=O)(c1ccc(-c2ccccc2)cc1)c1ccccn1)C(C)C. The van der Waals surface area contributed by atoms with Crippen LogP contribution < -0.4 is 5.73 Å². The van der Waals surface area contributed by atoms with Crippen molar-refractivity contribution in [2.75, 3.05) is 6.54 Å². The van der Waals surface area contributed by atoms with E-state index in [1.807, 2.05) is 48.5 Å². The van der Waals surface area contributed by atoms with Crippen LogP contribution in [0.3, 0.4) is 0 Å². The third-order valence-corrected chi connectivity index (χ3v) is 6.08. The van der Waals surface area contributed by atoms with Gasteiger partial charge in [-0.2, -0.15) is 0 Å². The van der Waals surface area contributed by atoms with Gasteiger partial charge >= 0.3 is 0 Å². The molecule has 0 aliphatic carbocycles. The smallest absolute Gasteiger partial charge is 0.234 e. The highest BCUT2D eigenvalue weighted by Gasteiger charge is 2.42. The molecule has 0 aliphatic heterocycles. The van der Waals surface area contributed by atoms with Crippen LogP contribution in [0.15, 0.2) is 79.0 Å². The molecule has 0 radical (unpaired) electrons. The van der Waals surface area contributed by atoms with E-state index in [1.165, 1.54) is 0 Å². The van der Waals surface area contributed by atoms with Gasteiger partial charge in [0.15, 0.2) is 0 Å². The first kappa shape index (κ1) is 22.7. The number of aromatic nitrogens is 1. The highest BCUT2D eigenvalue weighted by molar-refractivity contribution is 5.90. The van der Waals surface area contributed by atoms with Crippen molar-refractivity contribution in [3.8, 4) is 11.1 Å². The van der Waals surface area contributed by atoms with Gasteiger partial charge in [-0.05, 0) is 62.9 Å². The number of nitrogens with zero attached hydrogens (tertiary/aromatic N) is 2. The maximum Gasteiger partial charge on any atom is 0.234 e. The summed E-state index contributed by atoms with van der Waals surface area (Å²) in [6.07, 6.45) is 2.30. The minimum atomic E-state index is -0.988. The summed E-state index contributed by atoms with van der Waals surface area (Å²) in [7, 11) is 0. The molecule has 0 bridgehead atoms. The van der Waals surface area contributed by atoms with Crippen molar-refractivity contribution < 1.29 is 4.79 Å². The molecule has 1 heterocycles. The zero-order chi connectivity index (χ0) is 22.4. The molecular weight excluding hydrogens is 382 g/mol. The van der Waals surface area contributed by atoms with Crippen molar-refractivity contribution in [1.82, 2.24) is 9.88 Å². The molecular formula is C27H33N3O. The van der Waals surface area contributed by atoms with Crippen molar-refractivity contribution in [3.05, 3.63) is 90.3 Å². The summed E-state index contributed by atoms with van der Waals surface area (Å²) >= 11 is 0. The Bertz CT molecular complexity index is 960. The second-order valence-corrected chi connectivity index (χ2v) is 8.60. The Balaban J connectivity index is 2.06. The van der Waals surface area contributed by atoms with E-state index in [9.17, 15) is 4.79 Å². The lowest BCUT2D eigenvalue weighted by Crippen LogP contribution is -2.47. The molecule has 1 amide bonds. The van der Waals surface area contributed by atoms with E-state index in [0.29, 0.717) is 24.2 Å². The lowest BCUT2D eigenvalue weighted by atomic mass is 9.73. The monoisotopic (exact) mass is 415 g/mol. The van der Waals surface area contributed by atoms with Crippen molar-refractivity contribution in [1.29, 1.82) is 0 Å². The van der Waals surface area contributed by atoms with E-state index >= 15 is 0 Å². The Kier molecular flexibility index (Phi) is 7.24. The fourth-order valence-corrected chi connectivity index (χ4v) is 4.41. The van der Waals surface area contributed by atoms with Gasteiger partial charge in [0.05, 0.1) is 5.69 Å². The fourth-order valence-electron chi connectivity index (χ4n) is 4.41. The number of pyridine rings is 1. The van der Waals surface area contributed by atoms with Gasteiger partial charge in [0.1, 0.15) is 5.41 Å². The average Bonchev–Trinajstić information content (AvgIpc) is 2.77. The summed E-state index contributed by atoms with van der Waals surface area (Å²) in [5.74, 6) is -0.369. The number of benzene rings is 2. The predicted octanol–water partition coefficient (Wildman–Crippen LogP) is 5.03. The van der Waals surface area contributed by atoms with Gasteiger partial charge in [-0.1, -0.05) is 60.7 Å². The lowest BCUT2D eigenvalue weighted by molar-refractivity contribution is -0.122. The van der Waals surface area contributed by atoms with E-state index in [4.69, 9.17) is 5.73 Å². The van der Waals surface area contributed by atoms with Crippen LogP contribution >= 0.6 is 0 Å². The number of hydrogen-bond acceptors (Lipinski definition) is 3. The Morgan fingerprint density at radius 3 is 1.97 bits per heavy atom. The van der Waals surface area contributed by atoms with E-state index < -0.39 is 5.41 Å². The number of nitrogens with two attached hydrogens (primary N) is 1. The first-order chi connectivity index (χ1) is 14.9. The summed E-state index contributed by atoms with van der Waals surface area (Å²) in [6.45, 7) is 9.47. The molecule has 1 aromatic heterocycles. The summed E-state index contributed by atoms with van der Waals surface area (Å²) in [5, 5.41) is 0. The molecule has 2 aromatic carbocycles. The van der Waals surface area contributed by atoms with Gasteiger partial charge in [-0.15, -0.1) is 0 Å². The zero-order valence-corrected chi connectivity index (χ0v) is 19.0. The standard InChI is InChI=1S/C27H33N3O/c1-20(2)30(21(3)4)19-17-27(26(28)31,25-12-8-9-18-29-25)24-15-13-23(14-16-24)22-10-6-5-7-11-22/h5-16,18,20-21H,17,19H2,1-4H3,(H2,28,31). The molecule has 162 valence electrons. The van der Waals surface area contributed by atoms with Crippen molar-refractivity contribution >= 4 is 5.91 Å². The van der Waals surface area contributed by atoms with Gasteiger partial charge in [-0.3, -0.25) is 14.7 Å². The molecule has 4 nitrogen and oxygen atoms in total. The Labute approximate surface area is 186 Å². The normalized spacial score (nSPS) is 13.5. The molecule has 3 aromatic rings. The number of carbonyl (C=O) groups is 1. The maximum atomic E-state index is 13.1. The quantitative estimate of drug-likeness (QED) is 0.533. The number of rotatable bonds is 9. The van der Waals surface area contributed by atoms with Crippen molar-refractivity contribution in [2.45, 2.75) is 51.6 Å². The number of hydrogen-bond donors (Lipinski definition) is 1. The summed E-state index contributed by atoms with van der Waals surface area (Å²) in [4.78, 5) is 20.1. The molecule has 0 saturated heterocycles. The molecule has 2 N–H and O–H groups in total. The van der Waals surface area contributed by atoms with E-state index in [1.54, 1.807) is 6.20 Å². The van der Waals surface area contributed by atoms with E-state index in [2.05, 4.69) is 61.8 Å². The molecule has 4 heteroatoms. The number of amides is 1. The number of primary amides is 1. The van der Waals surface area contributed by atoms with Crippen molar-refractivity contribution in [2.24, 2.45) is 5.73 Å². The third-order valence-electron chi connectivity index (χ3n) is 6.08. The highest BCUT2D eigenvalue weighted by atomic mass is 16.1. The van der Waals surface area contributed by atoms with E-state index in [-0.39, 0.29) is 5.91 Å². The lowest BCUT2D eigenvalue weighted by Gasteiger charge is -2.36. The van der Waals surface area contributed by atoms with Gasteiger partial charge in [-0.25, -0.2) is 0 Å². The largest absolute Gasteiger partial charge is 0.369 e.